The first-order chi connectivity index (χ1) is 18.5. The predicted octanol–water partition coefficient (Wildman–Crippen LogP) is 7.16. The molecule has 0 aliphatic carbocycles. The number of hydrogen-bond acceptors (Lipinski definition) is 7. The zero-order valence-electron chi connectivity index (χ0n) is 21.7. The van der Waals surface area contributed by atoms with Crippen LogP contribution < -0.4 is 5.32 Å². The predicted molar refractivity (Wildman–Crippen MR) is 140 cm³/mol. The number of hydrogen-bond donors (Lipinski definition) is 1. The average molecular weight is 540 g/mol. The van der Waals surface area contributed by atoms with Crippen LogP contribution in [-0.2, 0) is 10.9 Å². The van der Waals surface area contributed by atoms with Gasteiger partial charge in [-0.2, -0.15) is 23.1 Å². The Bertz CT molecular complexity index is 1490. The fourth-order valence-corrected chi connectivity index (χ4v) is 4.45. The molecule has 204 valence electrons. The largest absolute Gasteiger partial charge is 0.464 e. The molecule has 0 spiro atoms. The fourth-order valence-electron chi connectivity index (χ4n) is 4.45. The van der Waals surface area contributed by atoms with Crippen LogP contribution in [0.1, 0.15) is 50.9 Å². The van der Waals surface area contributed by atoms with Gasteiger partial charge in [-0.1, -0.05) is 24.3 Å². The van der Waals surface area contributed by atoms with E-state index in [4.69, 9.17) is 14.1 Å². The molecule has 4 aromatic rings. The van der Waals surface area contributed by atoms with E-state index in [1.807, 2.05) is 45.0 Å². The van der Waals surface area contributed by atoms with Gasteiger partial charge in [0, 0.05) is 30.1 Å². The number of ether oxygens (including phenoxy) is 1. The van der Waals surface area contributed by atoms with Crippen LogP contribution >= 0.6 is 0 Å². The zero-order valence-corrected chi connectivity index (χ0v) is 21.7. The van der Waals surface area contributed by atoms with E-state index in [1.54, 1.807) is 11.2 Å². The molecule has 0 saturated carbocycles. The maximum absolute atomic E-state index is 13.3. The zero-order chi connectivity index (χ0) is 27.8. The van der Waals surface area contributed by atoms with Crippen LogP contribution in [-0.4, -0.2) is 44.6 Å². The third kappa shape index (κ3) is 6.13. The SMILES string of the molecule is CC(C)(C)OC(=O)N1CCC(c2nc(Nc3cccc(C(F)(F)F)c3)nc(-c3coc4ccccc34)n2)CC1. The van der Waals surface area contributed by atoms with E-state index < -0.39 is 17.3 Å². The maximum atomic E-state index is 13.3. The molecule has 39 heavy (non-hydrogen) atoms. The van der Waals surface area contributed by atoms with Crippen molar-refractivity contribution in [3.05, 3.63) is 66.2 Å². The van der Waals surface area contributed by atoms with Crippen LogP contribution in [0, 0.1) is 0 Å². The Kier molecular flexibility index (Phi) is 6.92. The van der Waals surface area contributed by atoms with Crippen LogP contribution in [0.4, 0.5) is 29.6 Å². The summed E-state index contributed by atoms with van der Waals surface area (Å²) in [6.45, 7) is 6.39. The van der Waals surface area contributed by atoms with Crippen molar-refractivity contribution in [2.24, 2.45) is 0 Å². The van der Waals surface area contributed by atoms with E-state index in [0.29, 0.717) is 48.7 Å². The van der Waals surface area contributed by atoms with Crippen LogP contribution in [0.3, 0.4) is 0 Å². The molecule has 0 radical (unpaired) electrons. The lowest BCUT2D eigenvalue weighted by atomic mass is 9.96. The van der Waals surface area contributed by atoms with Gasteiger partial charge in [-0.05, 0) is 57.9 Å². The van der Waals surface area contributed by atoms with E-state index >= 15 is 0 Å². The lowest BCUT2D eigenvalue weighted by Gasteiger charge is -2.33. The van der Waals surface area contributed by atoms with Crippen LogP contribution in [0.5, 0.6) is 0 Å². The van der Waals surface area contributed by atoms with E-state index in [0.717, 1.165) is 17.5 Å². The van der Waals surface area contributed by atoms with Crippen molar-refractivity contribution in [2.75, 3.05) is 18.4 Å². The summed E-state index contributed by atoms with van der Waals surface area (Å²) in [5.41, 5.74) is 0.135. The highest BCUT2D eigenvalue weighted by Gasteiger charge is 2.31. The minimum absolute atomic E-state index is 0.0920. The smallest absolute Gasteiger partial charge is 0.416 e. The number of nitrogens with one attached hydrogen (secondary N) is 1. The molecule has 8 nitrogen and oxygen atoms in total. The van der Waals surface area contributed by atoms with E-state index in [1.165, 1.54) is 12.1 Å². The summed E-state index contributed by atoms with van der Waals surface area (Å²) in [5, 5.41) is 3.73. The van der Waals surface area contributed by atoms with Crippen LogP contribution in [0.2, 0.25) is 0 Å². The summed E-state index contributed by atoms with van der Waals surface area (Å²) in [6, 6.07) is 12.3. The van der Waals surface area contributed by atoms with Crippen molar-refractivity contribution in [3.8, 4) is 11.4 Å². The monoisotopic (exact) mass is 539 g/mol. The number of halogens is 3. The number of likely N-dealkylation sites (tertiary alicyclic amines) is 1. The molecule has 5 rings (SSSR count). The second-order valence-corrected chi connectivity index (χ2v) is 10.4. The molecule has 0 unspecified atom stereocenters. The molecule has 3 heterocycles. The van der Waals surface area contributed by atoms with Crippen LogP contribution in [0.15, 0.2) is 59.2 Å². The average Bonchev–Trinajstić information content (AvgIpc) is 3.32. The highest BCUT2D eigenvalue weighted by Crippen LogP contribution is 2.34. The van der Waals surface area contributed by atoms with Gasteiger partial charge < -0.3 is 19.4 Å². The lowest BCUT2D eigenvalue weighted by Crippen LogP contribution is -2.41. The minimum Gasteiger partial charge on any atom is -0.464 e. The van der Waals surface area contributed by atoms with E-state index in [2.05, 4.69) is 15.3 Å². The summed E-state index contributed by atoms with van der Waals surface area (Å²) in [5.74, 6) is 0.859. The molecule has 1 saturated heterocycles. The minimum atomic E-state index is -4.48. The molecule has 1 aliphatic heterocycles. The van der Waals surface area contributed by atoms with Crippen molar-refractivity contribution in [1.82, 2.24) is 19.9 Å². The summed E-state index contributed by atoms with van der Waals surface area (Å²) in [4.78, 5) is 28.0. The summed E-state index contributed by atoms with van der Waals surface area (Å²) in [7, 11) is 0. The Morgan fingerprint density at radius 2 is 1.77 bits per heavy atom. The van der Waals surface area contributed by atoms with Gasteiger partial charge in [-0.3, -0.25) is 0 Å². The van der Waals surface area contributed by atoms with Crippen molar-refractivity contribution >= 4 is 28.7 Å². The van der Waals surface area contributed by atoms with Gasteiger partial charge in [0.05, 0.1) is 11.1 Å². The second kappa shape index (κ2) is 10.2. The molecule has 1 aliphatic rings. The lowest BCUT2D eigenvalue weighted by molar-refractivity contribution is -0.137. The van der Waals surface area contributed by atoms with Gasteiger partial charge >= 0.3 is 12.3 Å². The maximum Gasteiger partial charge on any atom is 0.416 e. The number of carbonyl (C=O) groups is 1. The van der Waals surface area contributed by atoms with Gasteiger partial charge in [-0.15, -0.1) is 0 Å². The highest BCUT2D eigenvalue weighted by molar-refractivity contribution is 5.92. The quantitative estimate of drug-likeness (QED) is 0.294. The Morgan fingerprint density at radius 1 is 1.03 bits per heavy atom. The van der Waals surface area contributed by atoms with Crippen LogP contribution in [0.25, 0.3) is 22.4 Å². The fraction of sp³-hybridized carbons (Fsp3) is 0.357. The number of furan rings is 1. The first kappa shape index (κ1) is 26.5. The number of fused-ring (bicyclic) bond motifs is 1. The molecule has 11 heteroatoms. The Morgan fingerprint density at radius 3 is 2.49 bits per heavy atom. The number of aromatic nitrogens is 3. The Balaban J connectivity index is 1.46. The number of alkyl halides is 3. The molecule has 0 atom stereocenters. The number of nitrogens with zero attached hydrogens (tertiary/aromatic N) is 4. The number of carbonyl (C=O) groups excluding carboxylic acids is 1. The normalized spacial score (nSPS) is 15.0. The Hall–Kier alpha value is -4.15. The number of rotatable bonds is 4. The first-order valence-electron chi connectivity index (χ1n) is 12.6. The summed E-state index contributed by atoms with van der Waals surface area (Å²) >= 11 is 0. The molecule has 1 amide bonds. The van der Waals surface area contributed by atoms with Gasteiger partial charge in [-0.25, -0.2) is 9.78 Å². The molecular formula is C28H28F3N5O3. The van der Waals surface area contributed by atoms with Crippen molar-refractivity contribution in [3.63, 3.8) is 0 Å². The topological polar surface area (TPSA) is 93.4 Å². The molecule has 2 aromatic heterocycles. The summed E-state index contributed by atoms with van der Waals surface area (Å²) < 4.78 is 51.0. The first-order valence-corrected chi connectivity index (χ1v) is 12.6. The summed E-state index contributed by atoms with van der Waals surface area (Å²) in [6.07, 6.45) is -2.10. The number of piperidine rings is 1. The third-order valence-electron chi connectivity index (χ3n) is 6.33. The van der Waals surface area contributed by atoms with E-state index in [9.17, 15) is 18.0 Å². The van der Waals surface area contributed by atoms with Crippen molar-refractivity contribution in [1.29, 1.82) is 0 Å². The van der Waals surface area contributed by atoms with Gasteiger partial charge in [0.25, 0.3) is 0 Å². The number of amides is 1. The molecular weight excluding hydrogens is 511 g/mol. The van der Waals surface area contributed by atoms with Crippen molar-refractivity contribution < 1.29 is 27.1 Å². The number of anilines is 2. The molecule has 1 fully saturated rings. The highest BCUT2D eigenvalue weighted by atomic mass is 19.4. The molecule has 0 bridgehead atoms. The van der Waals surface area contributed by atoms with Crippen molar-refractivity contribution in [2.45, 2.75) is 51.3 Å². The third-order valence-corrected chi connectivity index (χ3v) is 6.33. The van der Waals surface area contributed by atoms with E-state index in [-0.39, 0.29) is 23.6 Å². The molecule has 2 aromatic carbocycles. The van der Waals surface area contributed by atoms with Gasteiger partial charge in [0.2, 0.25) is 5.95 Å². The number of para-hydroxylation sites is 1. The van der Waals surface area contributed by atoms with Gasteiger partial charge in [0.1, 0.15) is 23.3 Å². The second-order valence-electron chi connectivity index (χ2n) is 10.4. The number of benzene rings is 2. The van der Waals surface area contributed by atoms with Gasteiger partial charge in [0.15, 0.2) is 5.82 Å². The molecule has 1 N–H and O–H groups in total. The standard InChI is InChI=1S/C28H28F3N5O3/c1-27(2,3)39-26(37)36-13-11-17(12-14-36)23-33-24(21-16-38-22-10-5-4-9-20(21)22)35-25(34-23)32-19-8-6-7-18(15-19)28(29,30)31/h4-10,15-17H,11-14H2,1-3H3,(H,32,33,34,35). The Labute approximate surface area is 223 Å².